The van der Waals surface area contributed by atoms with Crippen molar-refractivity contribution in [1.82, 2.24) is 24.7 Å². The van der Waals surface area contributed by atoms with Gasteiger partial charge in [-0.25, -0.2) is 14.9 Å². The number of thioether (sulfide) groups is 1. The van der Waals surface area contributed by atoms with Crippen LogP contribution in [0.15, 0.2) is 32.3 Å². The molecule has 0 aliphatic rings. The average molecular weight is 406 g/mol. The minimum absolute atomic E-state index is 0.136. The zero-order valence-corrected chi connectivity index (χ0v) is 16.5. The van der Waals surface area contributed by atoms with E-state index in [1.54, 1.807) is 15.9 Å². The fourth-order valence-corrected chi connectivity index (χ4v) is 5.45. The van der Waals surface area contributed by atoms with Crippen molar-refractivity contribution < 1.29 is 0 Å². The van der Waals surface area contributed by atoms with E-state index in [0.29, 0.717) is 28.7 Å². The molecular weight excluding hydrogens is 390 g/mol. The van der Waals surface area contributed by atoms with Gasteiger partial charge in [0.05, 0.1) is 11.1 Å². The highest BCUT2D eigenvalue weighted by molar-refractivity contribution is 7.98. The maximum atomic E-state index is 12.6. The van der Waals surface area contributed by atoms with Crippen LogP contribution in [0.1, 0.15) is 17.6 Å². The Kier molecular flexibility index (Phi) is 4.55. The molecule has 0 bridgehead atoms. The Bertz CT molecular complexity index is 1200. The third-order valence-corrected chi connectivity index (χ3v) is 6.77. The predicted molar refractivity (Wildman–Crippen MR) is 106 cm³/mol. The minimum Gasteiger partial charge on any atom is -0.309 e. The largest absolute Gasteiger partial charge is 0.343 e. The van der Waals surface area contributed by atoms with Gasteiger partial charge in [-0.3, -0.25) is 9.36 Å². The summed E-state index contributed by atoms with van der Waals surface area (Å²) in [5.41, 5.74) is 0.562. The maximum absolute atomic E-state index is 12.6. The normalized spacial score (nSPS) is 11.5. The van der Waals surface area contributed by atoms with E-state index in [-0.39, 0.29) is 11.2 Å². The number of nitrogens with one attached hydrogen (secondary N) is 2. The van der Waals surface area contributed by atoms with Crippen LogP contribution in [-0.2, 0) is 12.3 Å². The molecular formula is C16H15N5O2S3. The molecule has 2 N–H and O–H groups in total. The Morgan fingerprint density at radius 2 is 2.15 bits per heavy atom. The Labute approximate surface area is 160 Å². The molecule has 0 aliphatic carbocycles. The van der Waals surface area contributed by atoms with E-state index in [9.17, 15) is 9.59 Å². The summed E-state index contributed by atoms with van der Waals surface area (Å²) in [7, 11) is 0. The van der Waals surface area contributed by atoms with E-state index >= 15 is 0 Å². The number of H-pyrrole nitrogens is 2. The second-order valence-electron chi connectivity index (χ2n) is 5.60. The summed E-state index contributed by atoms with van der Waals surface area (Å²) in [6, 6.07) is 4.08. The number of hydrogen-bond donors (Lipinski definition) is 2. The Balaban J connectivity index is 1.66. The van der Waals surface area contributed by atoms with Crippen molar-refractivity contribution in [3.63, 3.8) is 0 Å². The fourth-order valence-electron chi connectivity index (χ4n) is 2.65. The van der Waals surface area contributed by atoms with Crippen molar-refractivity contribution >= 4 is 44.7 Å². The van der Waals surface area contributed by atoms with Crippen molar-refractivity contribution in [2.45, 2.75) is 31.3 Å². The number of aromatic nitrogens is 5. The molecule has 134 valence electrons. The van der Waals surface area contributed by atoms with E-state index in [0.717, 1.165) is 15.3 Å². The Morgan fingerprint density at radius 3 is 2.88 bits per heavy atom. The number of aromatic amines is 2. The van der Waals surface area contributed by atoms with Crippen LogP contribution in [0.3, 0.4) is 0 Å². The van der Waals surface area contributed by atoms with Crippen LogP contribution in [0.5, 0.6) is 0 Å². The lowest BCUT2D eigenvalue weighted by Crippen LogP contribution is -2.16. The molecule has 26 heavy (non-hydrogen) atoms. The van der Waals surface area contributed by atoms with Crippen LogP contribution in [0.25, 0.3) is 20.7 Å². The van der Waals surface area contributed by atoms with Gasteiger partial charge < -0.3 is 4.98 Å². The SMILES string of the molecule is CCn1c(SCc2nc3scc(-c4ccc(C)s4)c3c(=O)[nH]2)n[nH]c1=O. The molecule has 4 heterocycles. The summed E-state index contributed by atoms with van der Waals surface area (Å²) >= 11 is 4.50. The fraction of sp³-hybridized carbons (Fsp3) is 0.250. The van der Waals surface area contributed by atoms with Gasteiger partial charge in [0.15, 0.2) is 5.16 Å². The number of nitrogens with zero attached hydrogens (tertiary/aromatic N) is 3. The van der Waals surface area contributed by atoms with Crippen molar-refractivity contribution in [2.24, 2.45) is 0 Å². The summed E-state index contributed by atoms with van der Waals surface area (Å²) in [6.45, 7) is 4.47. The average Bonchev–Trinajstić information content (AvgIpc) is 3.31. The summed E-state index contributed by atoms with van der Waals surface area (Å²) in [5.74, 6) is 1.00. The molecule has 0 aliphatic heterocycles. The van der Waals surface area contributed by atoms with E-state index in [2.05, 4.69) is 20.2 Å². The Morgan fingerprint density at radius 1 is 1.31 bits per heavy atom. The first kappa shape index (κ1) is 17.3. The van der Waals surface area contributed by atoms with Crippen LogP contribution in [0.4, 0.5) is 0 Å². The molecule has 0 fully saturated rings. The Hall–Kier alpha value is -2.17. The van der Waals surface area contributed by atoms with Gasteiger partial charge in [-0.1, -0.05) is 11.8 Å². The first-order valence-corrected chi connectivity index (χ1v) is 10.6. The summed E-state index contributed by atoms with van der Waals surface area (Å²) in [5, 5.41) is 9.64. The molecule has 0 unspecified atom stereocenters. The lowest BCUT2D eigenvalue weighted by Gasteiger charge is -2.02. The highest BCUT2D eigenvalue weighted by atomic mass is 32.2. The van der Waals surface area contributed by atoms with Gasteiger partial charge >= 0.3 is 5.69 Å². The van der Waals surface area contributed by atoms with Crippen molar-refractivity contribution in [3.8, 4) is 10.4 Å². The molecule has 0 amide bonds. The van der Waals surface area contributed by atoms with E-state index in [1.807, 2.05) is 31.4 Å². The van der Waals surface area contributed by atoms with Gasteiger partial charge in [0.1, 0.15) is 10.7 Å². The second kappa shape index (κ2) is 6.86. The number of thiophene rings is 2. The molecule has 4 aromatic rings. The molecule has 0 saturated heterocycles. The van der Waals surface area contributed by atoms with Gasteiger partial charge in [0, 0.05) is 27.2 Å². The minimum atomic E-state index is -0.235. The van der Waals surface area contributed by atoms with Crippen LogP contribution in [0, 0.1) is 6.92 Å². The highest BCUT2D eigenvalue weighted by Gasteiger charge is 2.15. The van der Waals surface area contributed by atoms with Gasteiger partial charge in [-0.2, -0.15) is 0 Å². The topological polar surface area (TPSA) is 96.4 Å². The van der Waals surface area contributed by atoms with Crippen LogP contribution >= 0.6 is 34.4 Å². The summed E-state index contributed by atoms with van der Waals surface area (Å²) in [4.78, 5) is 34.7. The van der Waals surface area contributed by atoms with E-state index in [4.69, 9.17) is 0 Å². The van der Waals surface area contributed by atoms with Crippen LogP contribution in [0.2, 0.25) is 0 Å². The van der Waals surface area contributed by atoms with Gasteiger partial charge in [0.25, 0.3) is 5.56 Å². The summed E-state index contributed by atoms with van der Waals surface area (Å²) in [6.07, 6.45) is 0. The van der Waals surface area contributed by atoms with E-state index < -0.39 is 0 Å². The molecule has 0 aromatic carbocycles. The predicted octanol–water partition coefficient (Wildman–Crippen LogP) is 3.22. The second-order valence-corrected chi connectivity index (χ2v) is 8.69. The molecule has 4 rings (SSSR count). The zero-order chi connectivity index (χ0) is 18.3. The van der Waals surface area contributed by atoms with Crippen molar-refractivity contribution in [1.29, 1.82) is 0 Å². The van der Waals surface area contributed by atoms with Gasteiger partial charge in [-0.05, 0) is 26.0 Å². The number of hydrogen-bond acceptors (Lipinski definition) is 7. The quantitative estimate of drug-likeness (QED) is 0.497. The van der Waals surface area contributed by atoms with Crippen LogP contribution in [-0.4, -0.2) is 24.7 Å². The molecule has 4 aromatic heterocycles. The molecule has 0 saturated carbocycles. The number of rotatable bonds is 5. The number of aryl methyl sites for hydroxylation is 1. The van der Waals surface area contributed by atoms with Gasteiger partial charge in [0.2, 0.25) is 0 Å². The molecule has 10 heteroatoms. The first-order chi connectivity index (χ1) is 12.6. The molecule has 0 spiro atoms. The third-order valence-electron chi connectivity index (χ3n) is 3.88. The standard InChI is InChI=1S/C16H15N5O2S3/c1-3-21-15(23)19-20-16(21)25-7-11-17-13(22)12-9(6-24-14(12)18-11)10-5-4-8(2)26-10/h4-6H,3,7H2,1-2H3,(H,19,23)(H,17,18,22). The monoisotopic (exact) mass is 405 g/mol. The van der Waals surface area contributed by atoms with Crippen molar-refractivity contribution in [2.75, 3.05) is 0 Å². The maximum Gasteiger partial charge on any atom is 0.343 e. The summed E-state index contributed by atoms with van der Waals surface area (Å²) < 4.78 is 1.55. The smallest absolute Gasteiger partial charge is 0.309 e. The molecule has 0 radical (unpaired) electrons. The van der Waals surface area contributed by atoms with Crippen molar-refractivity contribution in [3.05, 3.63) is 49.1 Å². The highest BCUT2D eigenvalue weighted by Crippen LogP contribution is 2.35. The zero-order valence-electron chi connectivity index (χ0n) is 14.0. The molecule has 0 atom stereocenters. The third kappa shape index (κ3) is 3.04. The van der Waals surface area contributed by atoms with Crippen LogP contribution < -0.4 is 11.2 Å². The number of fused-ring (bicyclic) bond motifs is 1. The first-order valence-electron chi connectivity index (χ1n) is 7.92. The lowest BCUT2D eigenvalue weighted by atomic mass is 10.2. The van der Waals surface area contributed by atoms with E-state index in [1.165, 1.54) is 28.0 Å². The van der Waals surface area contributed by atoms with Gasteiger partial charge in [-0.15, -0.1) is 27.8 Å². The lowest BCUT2D eigenvalue weighted by molar-refractivity contribution is 0.660. The molecule has 7 nitrogen and oxygen atoms in total.